The van der Waals surface area contributed by atoms with Crippen molar-refractivity contribution in [2.75, 3.05) is 6.61 Å². The molecule has 1 rings (SSSR count). The monoisotopic (exact) mass is 330 g/mol. The number of esters is 1. The molecular formula is C14H16BrFO3. The molecule has 0 saturated carbocycles. The third-order valence-electron chi connectivity index (χ3n) is 2.61. The molecule has 0 aliphatic heterocycles. The van der Waals surface area contributed by atoms with Crippen LogP contribution in [0.2, 0.25) is 0 Å². The summed E-state index contributed by atoms with van der Waals surface area (Å²) in [6, 6.07) is 3.90. The van der Waals surface area contributed by atoms with E-state index in [2.05, 4.69) is 15.9 Å². The second-order valence-corrected chi connectivity index (χ2v) is 5.03. The maximum absolute atomic E-state index is 13.3. The van der Waals surface area contributed by atoms with E-state index in [1.807, 2.05) is 6.92 Å². The predicted molar refractivity (Wildman–Crippen MR) is 73.5 cm³/mol. The quantitative estimate of drug-likeness (QED) is 0.453. The summed E-state index contributed by atoms with van der Waals surface area (Å²) in [7, 11) is 0. The van der Waals surface area contributed by atoms with Crippen molar-refractivity contribution in [3.8, 4) is 0 Å². The first-order chi connectivity index (χ1) is 8.99. The molecule has 0 saturated heterocycles. The molecule has 0 amide bonds. The van der Waals surface area contributed by atoms with Gasteiger partial charge in [-0.25, -0.2) is 4.39 Å². The van der Waals surface area contributed by atoms with Crippen molar-refractivity contribution in [3.05, 3.63) is 34.1 Å². The van der Waals surface area contributed by atoms with Crippen LogP contribution in [0.15, 0.2) is 22.7 Å². The van der Waals surface area contributed by atoms with E-state index in [9.17, 15) is 14.0 Å². The molecule has 3 nitrogen and oxygen atoms in total. The maximum atomic E-state index is 13.3. The first kappa shape index (κ1) is 15.8. The molecule has 0 aromatic heterocycles. The molecule has 0 aliphatic rings. The zero-order valence-corrected chi connectivity index (χ0v) is 12.5. The lowest BCUT2D eigenvalue weighted by molar-refractivity contribution is -0.146. The van der Waals surface area contributed by atoms with Gasteiger partial charge in [-0.05, 0) is 31.5 Å². The summed E-state index contributed by atoms with van der Waals surface area (Å²) in [6.45, 7) is 3.78. The van der Waals surface area contributed by atoms with Crippen LogP contribution < -0.4 is 0 Å². The molecule has 0 fully saturated rings. The highest BCUT2D eigenvalue weighted by molar-refractivity contribution is 9.10. The highest BCUT2D eigenvalue weighted by Gasteiger charge is 2.28. The van der Waals surface area contributed by atoms with Crippen LogP contribution in [0.4, 0.5) is 4.39 Å². The molecule has 1 aromatic carbocycles. The zero-order valence-electron chi connectivity index (χ0n) is 10.9. The molecule has 0 N–H and O–H groups in total. The normalized spacial score (nSPS) is 12.0. The second-order valence-electron chi connectivity index (χ2n) is 4.12. The molecule has 0 bridgehead atoms. The van der Waals surface area contributed by atoms with E-state index >= 15 is 0 Å². The first-order valence-corrected chi connectivity index (χ1v) is 6.95. The van der Waals surface area contributed by atoms with Gasteiger partial charge in [0.25, 0.3) is 0 Å². The van der Waals surface area contributed by atoms with Gasteiger partial charge < -0.3 is 4.74 Å². The Bertz CT molecular complexity index is 454. The average Bonchev–Trinajstić information content (AvgIpc) is 2.34. The summed E-state index contributed by atoms with van der Waals surface area (Å²) in [5, 5.41) is 0. The Morgan fingerprint density at radius 3 is 2.53 bits per heavy atom. The van der Waals surface area contributed by atoms with Crippen molar-refractivity contribution in [2.45, 2.75) is 26.7 Å². The lowest BCUT2D eigenvalue weighted by atomic mass is 9.93. The smallest absolute Gasteiger partial charge is 0.316 e. The lowest BCUT2D eigenvalue weighted by Crippen LogP contribution is -2.26. The summed E-state index contributed by atoms with van der Waals surface area (Å²) in [5.74, 6) is -2.33. The first-order valence-electron chi connectivity index (χ1n) is 6.16. The van der Waals surface area contributed by atoms with Crippen LogP contribution in [-0.2, 0) is 9.53 Å². The van der Waals surface area contributed by atoms with Crippen molar-refractivity contribution in [1.29, 1.82) is 0 Å². The summed E-state index contributed by atoms with van der Waals surface area (Å²) >= 11 is 3.13. The Labute approximate surface area is 120 Å². The Balaban J connectivity index is 3.01. The Hall–Kier alpha value is -1.23. The molecule has 0 spiro atoms. The topological polar surface area (TPSA) is 43.4 Å². The summed E-state index contributed by atoms with van der Waals surface area (Å²) in [5.41, 5.74) is 0.179. The molecule has 1 aromatic rings. The highest BCUT2D eigenvalue weighted by atomic mass is 79.9. The maximum Gasteiger partial charge on any atom is 0.316 e. The third-order valence-corrected chi connectivity index (χ3v) is 3.07. The van der Waals surface area contributed by atoms with E-state index in [4.69, 9.17) is 4.74 Å². The van der Waals surface area contributed by atoms with Gasteiger partial charge in [0.05, 0.1) is 6.61 Å². The molecule has 104 valence electrons. The number of hydrogen-bond acceptors (Lipinski definition) is 3. The molecule has 5 heteroatoms. The number of carbonyl (C=O) groups excluding carboxylic acids is 2. The molecular weight excluding hydrogens is 315 g/mol. The van der Waals surface area contributed by atoms with Crippen LogP contribution in [0.1, 0.15) is 37.0 Å². The number of benzene rings is 1. The summed E-state index contributed by atoms with van der Waals surface area (Å²) in [4.78, 5) is 24.0. The minimum Gasteiger partial charge on any atom is -0.465 e. The molecule has 0 aliphatic carbocycles. The largest absolute Gasteiger partial charge is 0.465 e. The van der Waals surface area contributed by atoms with E-state index in [1.54, 1.807) is 6.92 Å². The van der Waals surface area contributed by atoms with Crippen LogP contribution in [0.3, 0.4) is 0 Å². The van der Waals surface area contributed by atoms with Crippen LogP contribution in [-0.4, -0.2) is 18.4 Å². The van der Waals surface area contributed by atoms with Gasteiger partial charge in [-0.15, -0.1) is 0 Å². The van der Waals surface area contributed by atoms with E-state index < -0.39 is 23.5 Å². The van der Waals surface area contributed by atoms with Crippen LogP contribution >= 0.6 is 15.9 Å². The van der Waals surface area contributed by atoms with Crippen LogP contribution in [0.25, 0.3) is 0 Å². The van der Waals surface area contributed by atoms with Gasteiger partial charge in [-0.2, -0.15) is 0 Å². The fourth-order valence-corrected chi connectivity index (χ4v) is 2.25. The molecule has 0 radical (unpaired) electrons. The van der Waals surface area contributed by atoms with Gasteiger partial charge in [0.2, 0.25) is 0 Å². The minimum atomic E-state index is -0.862. The van der Waals surface area contributed by atoms with Gasteiger partial charge >= 0.3 is 5.97 Å². The van der Waals surface area contributed by atoms with Crippen LogP contribution in [0.5, 0.6) is 0 Å². The zero-order chi connectivity index (χ0) is 14.4. The van der Waals surface area contributed by atoms with Crippen molar-refractivity contribution >= 4 is 27.7 Å². The number of ether oxygens (including phenoxy) is 1. The molecule has 0 heterocycles. The van der Waals surface area contributed by atoms with E-state index in [0.717, 1.165) is 6.07 Å². The average molecular weight is 331 g/mol. The van der Waals surface area contributed by atoms with E-state index in [-0.39, 0.29) is 12.2 Å². The van der Waals surface area contributed by atoms with Gasteiger partial charge in [-0.3, -0.25) is 9.59 Å². The number of ketones is 1. The summed E-state index contributed by atoms with van der Waals surface area (Å²) < 4.78 is 18.7. The van der Waals surface area contributed by atoms with E-state index in [1.165, 1.54) is 12.1 Å². The fourth-order valence-electron chi connectivity index (χ4n) is 1.78. The highest BCUT2D eigenvalue weighted by Crippen LogP contribution is 2.21. The number of hydrogen-bond donors (Lipinski definition) is 0. The van der Waals surface area contributed by atoms with Gasteiger partial charge in [0.15, 0.2) is 5.78 Å². The Morgan fingerprint density at radius 1 is 1.32 bits per heavy atom. The van der Waals surface area contributed by atoms with Crippen molar-refractivity contribution in [1.82, 2.24) is 0 Å². The Kier molecular flexibility index (Phi) is 6.15. The number of Topliss-reactive ketones (excluding diaryl/α,β-unsaturated/α-hetero) is 1. The van der Waals surface area contributed by atoms with Crippen molar-refractivity contribution < 1.29 is 18.7 Å². The molecule has 1 atom stereocenters. The van der Waals surface area contributed by atoms with Gasteiger partial charge in [0, 0.05) is 10.0 Å². The third kappa shape index (κ3) is 4.42. The fraction of sp³-hybridized carbons (Fsp3) is 0.429. The standard InChI is InChI=1S/C14H16BrFO3/c1-3-5-12(14(18)19-4-2)13(17)9-6-10(15)8-11(16)7-9/h6-8,12H,3-5H2,1-2H3. The lowest BCUT2D eigenvalue weighted by Gasteiger charge is -2.14. The van der Waals surface area contributed by atoms with Gasteiger partial charge in [-0.1, -0.05) is 29.3 Å². The van der Waals surface area contributed by atoms with Crippen molar-refractivity contribution in [3.63, 3.8) is 0 Å². The predicted octanol–water partition coefficient (Wildman–Crippen LogP) is 3.75. The Morgan fingerprint density at radius 2 is 2.00 bits per heavy atom. The SMILES string of the molecule is CCCC(C(=O)OCC)C(=O)c1cc(F)cc(Br)c1. The molecule has 19 heavy (non-hydrogen) atoms. The second kappa shape index (κ2) is 7.38. The van der Waals surface area contributed by atoms with Gasteiger partial charge in [0.1, 0.15) is 11.7 Å². The van der Waals surface area contributed by atoms with E-state index in [0.29, 0.717) is 17.3 Å². The minimum absolute atomic E-state index is 0.179. The molecule has 1 unspecified atom stereocenters. The number of carbonyl (C=O) groups is 2. The van der Waals surface area contributed by atoms with Crippen molar-refractivity contribution in [2.24, 2.45) is 5.92 Å². The van der Waals surface area contributed by atoms with Crippen LogP contribution in [0, 0.1) is 11.7 Å². The summed E-state index contributed by atoms with van der Waals surface area (Å²) in [6.07, 6.45) is 1.07. The number of rotatable bonds is 6. The number of halogens is 2.